The van der Waals surface area contributed by atoms with Crippen molar-refractivity contribution in [2.75, 3.05) is 0 Å². The Labute approximate surface area is 119 Å². The van der Waals surface area contributed by atoms with Gasteiger partial charge < -0.3 is 4.52 Å². The molecule has 0 aliphatic heterocycles. The largest absolute Gasteiger partial charge is 0.361 e. The number of aromatic nitrogens is 4. The molecule has 0 unspecified atom stereocenters. The highest BCUT2D eigenvalue weighted by Gasteiger charge is 2.18. The maximum Gasteiger partial charge on any atom is 0.172 e. The second-order valence-corrected chi connectivity index (χ2v) is 5.33. The van der Waals surface area contributed by atoms with Crippen LogP contribution < -0.4 is 0 Å². The van der Waals surface area contributed by atoms with Crippen LogP contribution in [0.5, 0.6) is 0 Å². The highest BCUT2D eigenvalue weighted by Crippen LogP contribution is 2.27. The van der Waals surface area contributed by atoms with Crippen LogP contribution in [0.2, 0.25) is 0 Å². The van der Waals surface area contributed by atoms with Crippen molar-refractivity contribution in [2.45, 2.75) is 20.4 Å². The molecular weight excluding hydrogens is 276 g/mol. The molecule has 102 valence electrons. The summed E-state index contributed by atoms with van der Waals surface area (Å²) in [6, 6.07) is 3.88. The first-order valence-corrected chi connectivity index (χ1v) is 6.93. The van der Waals surface area contributed by atoms with E-state index in [1.54, 1.807) is 16.0 Å². The third-order valence-corrected chi connectivity index (χ3v) is 3.99. The van der Waals surface area contributed by atoms with Gasteiger partial charge in [0.15, 0.2) is 12.0 Å². The first-order chi connectivity index (χ1) is 9.70. The average molecular weight is 288 g/mol. The summed E-state index contributed by atoms with van der Waals surface area (Å²) in [5, 5.41) is 13.9. The molecule has 3 rings (SSSR count). The molecule has 3 heterocycles. The van der Waals surface area contributed by atoms with Crippen molar-refractivity contribution >= 4 is 17.6 Å². The Kier molecular flexibility index (Phi) is 3.19. The fourth-order valence-corrected chi connectivity index (χ4v) is 2.84. The first kappa shape index (κ1) is 12.7. The lowest BCUT2D eigenvalue weighted by Crippen LogP contribution is -2.05. The van der Waals surface area contributed by atoms with Crippen molar-refractivity contribution in [3.8, 4) is 10.6 Å². The van der Waals surface area contributed by atoms with Crippen LogP contribution >= 0.6 is 11.3 Å². The number of carbonyl (C=O) groups excluding carboxylic acids is 1. The standard InChI is InChI=1S/C13H12N4O2S/c1-8-10(9(2)19-15-8)6-17-13(11(7-18)14-16-17)12-4-3-5-20-12/h3-5,7H,6H2,1-2H3. The van der Waals surface area contributed by atoms with E-state index < -0.39 is 0 Å². The molecule has 0 saturated carbocycles. The quantitative estimate of drug-likeness (QED) is 0.689. The van der Waals surface area contributed by atoms with Gasteiger partial charge in [0.25, 0.3) is 0 Å². The molecular formula is C13H12N4O2S. The molecule has 0 N–H and O–H groups in total. The van der Waals surface area contributed by atoms with Gasteiger partial charge in [-0.15, -0.1) is 16.4 Å². The summed E-state index contributed by atoms with van der Waals surface area (Å²) in [5.41, 5.74) is 2.86. The number of hydrogen-bond donors (Lipinski definition) is 0. The monoisotopic (exact) mass is 288 g/mol. The number of rotatable bonds is 4. The minimum atomic E-state index is 0.346. The van der Waals surface area contributed by atoms with Crippen molar-refractivity contribution in [1.82, 2.24) is 20.2 Å². The third kappa shape index (κ3) is 2.05. The summed E-state index contributed by atoms with van der Waals surface area (Å²) in [6.07, 6.45) is 0.728. The van der Waals surface area contributed by atoms with E-state index in [0.717, 1.165) is 33.9 Å². The van der Waals surface area contributed by atoms with E-state index in [2.05, 4.69) is 15.5 Å². The predicted octanol–water partition coefficient (Wildman–Crippen LogP) is 2.47. The number of aryl methyl sites for hydroxylation is 2. The van der Waals surface area contributed by atoms with E-state index in [1.165, 1.54) is 0 Å². The van der Waals surface area contributed by atoms with Crippen LogP contribution in [-0.4, -0.2) is 26.4 Å². The van der Waals surface area contributed by atoms with Crippen LogP contribution in [0.4, 0.5) is 0 Å². The normalized spacial score (nSPS) is 10.9. The molecule has 3 aromatic rings. The smallest absolute Gasteiger partial charge is 0.172 e. The van der Waals surface area contributed by atoms with Gasteiger partial charge in [0, 0.05) is 5.56 Å². The van der Waals surface area contributed by atoms with Gasteiger partial charge >= 0.3 is 0 Å². The number of carbonyl (C=O) groups is 1. The minimum absolute atomic E-state index is 0.346. The zero-order valence-corrected chi connectivity index (χ0v) is 11.8. The van der Waals surface area contributed by atoms with E-state index in [9.17, 15) is 4.79 Å². The average Bonchev–Trinajstić information content (AvgIpc) is 3.14. The zero-order chi connectivity index (χ0) is 14.1. The molecule has 7 heteroatoms. The van der Waals surface area contributed by atoms with Crippen molar-refractivity contribution < 1.29 is 9.32 Å². The Bertz CT molecular complexity index is 723. The first-order valence-electron chi connectivity index (χ1n) is 6.05. The fraction of sp³-hybridized carbons (Fsp3) is 0.231. The van der Waals surface area contributed by atoms with Crippen molar-refractivity contribution in [1.29, 1.82) is 0 Å². The highest BCUT2D eigenvalue weighted by atomic mass is 32.1. The molecule has 0 aromatic carbocycles. The molecule has 0 saturated heterocycles. The Hall–Kier alpha value is -2.28. The Morgan fingerprint density at radius 2 is 2.30 bits per heavy atom. The summed E-state index contributed by atoms with van der Waals surface area (Å²) in [5.74, 6) is 0.753. The topological polar surface area (TPSA) is 73.8 Å². The van der Waals surface area contributed by atoms with E-state index in [-0.39, 0.29) is 0 Å². The van der Waals surface area contributed by atoms with E-state index in [1.807, 2.05) is 31.4 Å². The van der Waals surface area contributed by atoms with Gasteiger partial charge in [-0.2, -0.15) is 0 Å². The SMILES string of the molecule is Cc1noc(C)c1Cn1nnc(C=O)c1-c1cccs1. The Balaban J connectivity index is 2.07. The molecule has 20 heavy (non-hydrogen) atoms. The van der Waals surface area contributed by atoms with Gasteiger partial charge in [-0.3, -0.25) is 4.79 Å². The molecule has 0 aliphatic carbocycles. The number of hydrogen-bond acceptors (Lipinski definition) is 6. The summed E-state index contributed by atoms with van der Waals surface area (Å²) in [4.78, 5) is 12.1. The lowest BCUT2D eigenvalue weighted by atomic mass is 10.2. The molecule has 0 bridgehead atoms. The second-order valence-electron chi connectivity index (χ2n) is 4.38. The number of aldehydes is 1. The Morgan fingerprint density at radius 3 is 2.90 bits per heavy atom. The summed E-state index contributed by atoms with van der Waals surface area (Å²) >= 11 is 1.55. The molecule has 0 fully saturated rings. The van der Waals surface area contributed by atoms with Crippen molar-refractivity contribution in [3.05, 3.63) is 40.2 Å². The van der Waals surface area contributed by atoms with Crippen LogP contribution in [0.15, 0.2) is 22.0 Å². The molecule has 0 amide bonds. The zero-order valence-electron chi connectivity index (χ0n) is 11.0. The molecule has 0 radical (unpaired) electrons. The van der Waals surface area contributed by atoms with Crippen LogP contribution in [-0.2, 0) is 6.54 Å². The summed E-state index contributed by atoms with van der Waals surface area (Å²) < 4.78 is 6.86. The van der Waals surface area contributed by atoms with Gasteiger partial charge in [-0.05, 0) is 25.3 Å². The van der Waals surface area contributed by atoms with Crippen molar-refractivity contribution in [2.24, 2.45) is 0 Å². The molecule has 0 atom stereocenters. The van der Waals surface area contributed by atoms with Crippen molar-refractivity contribution in [3.63, 3.8) is 0 Å². The fourth-order valence-electron chi connectivity index (χ4n) is 2.06. The van der Waals surface area contributed by atoms with E-state index >= 15 is 0 Å². The lowest BCUT2D eigenvalue weighted by Gasteiger charge is -2.04. The number of nitrogens with zero attached hydrogens (tertiary/aromatic N) is 4. The number of thiophene rings is 1. The van der Waals surface area contributed by atoms with Gasteiger partial charge in [0.1, 0.15) is 11.5 Å². The second kappa shape index (κ2) is 5.01. The van der Waals surface area contributed by atoms with Gasteiger partial charge in [-0.1, -0.05) is 16.4 Å². The highest BCUT2D eigenvalue weighted by molar-refractivity contribution is 7.13. The third-order valence-electron chi connectivity index (χ3n) is 3.12. The lowest BCUT2D eigenvalue weighted by molar-refractivity contribution is 0.111. The van der Waals surface area contributed by atoms with E-state index in [4.69, 9.17) is 4.52 Å². The minimum Gasteiger partial charge on any atom is -0.361 e. The van der Waals surface area contributed by atoms with Crippen LogP contribution in [0.1, 0.15) is 27.5 Å². The van der Waals surface area contributed by atoms with Crippen LogP contribution in [0, 0.1) is 13.8 Å². The summed E-state index contributed by atoms with van der Waals surface area (Å²) in [6.45, 7) is 4.22. The van der Waals surface area contributed by atoms with Gasteiger partial charge in [0.05, 0.1) is 17.1 Å². The molecule has 6 nitrogen and oxygen atoms in total. The van der Waals surface area contributed by atoms with Crippen LogP contribution in [0.25, 0.3) is 10.6 Å². The molecule has 0 spiro atoms. The Morgan fingerprint density at radius 1 is 1.45 bits per heavy atom. The maximum atomic E-state index is 11.1. The molecule has 3 aromatic heterocycles. The van der Waals surface area contributed by atoms with Gasteiger partial charge in [-0.25, -0.2) is 4.68 Å². The van der Waals surface area contributed by atoms with Crippen LogP contribution in [0.3, 0.4) is 0 Å². The maximum absolute atomic E-state index is 11.1. The predicted molar refractivity (Wildman–Crippen MR) is 73.8 cm³/mol. The van der Waals surface area contributed by atoms with Gasteiger partial charge in [0.2, 0.25) is 0 Å². The molecule has 0 aliphatic rings. The van der Waals surface area contributed by atoms with E-state index in [0.29, 0.717) is 12.2 Å². The summed E-state index contributed by atoms with van der Waals surface area (Å²) in [7, 11) is 0.